The standard InChI is InChI=1S/C13H21NOS/c1-3-13(10-16-2)14-8-11-4-6-12(9-15)7-5-11/h4-7,13-15H,3,8-10H2,1-2H3. The summed E-state index contributed by atoms with van der Waals surface area (Å²) in [7, 11) is 0. The molecule has 1 unspecified atom stereocenters. The second-order valence-corrected chi connectivity index (χ2v) is 4.83. The van der Waals surface area contributed by atoms with Crippen LogP contribution in [0.1, 0.15) is 24.5 Å². The molecular formula is C13H21NOS. The molecule has 0 bridgehead atoms. The Morgan fingerprint density at radius 2 is 1.88 bits per heavy atom. The van der Waals surface area contributed by atoms with Gasteiger partial charge in [-0.1, -0.05) is 31.2 Å². The Hall–Kier alpha value is -0.510. The van der Waals surface area contributed by atoms with Gasteiger partial charge in [-0.3, -0.25) is 0 Å². The lowest BCUT2D eigenvalue weighted by molar-refractivity contribution is 0.282. The number of nitrogens with one attached hydrogen (secondary N) is 1. The fraction of sp³-hybridized carbons (Fsp3) is 0.538. The van der Waals surface area contributed by atoms with Crippen LogP contribution in [0.3, 0.4) is 0 Å². The molecule has 0 aliphatic rings. The van der Waals surface area contributed by atoms with Gasteiger partial charge in [-0.15, -0.1) is 0 Å². The minimum atomic E-state index is 0.123. The predicted molar refractivity (Wildman–Crippen MR) is 71.7 cm³/mol. The van der Waals surface area contributed by atoms with Gasteiger partial charge in [0.25, 0.3) is 0 Å². The average Bonchev–Trinajstić information content (AvgIpc) is 2.35. The Morgan fingerprint density at radius 3 is 2.38 bits per heavy atom. The zero-order chi connectivity index (χ0) is 11.8. The summed E-state index contributed by atoms with van der Waals surface area (Å²) in [5.74, 6) is 1.16. The minimum absolute atomic E-state index is 0.123. The Kier molecular flexibility index (Phi) is 6.53. The third-order valence-electron chi connectivity index (χ3n) is 2.66. The summed E-state index contributed by atoms with van der Waals surface area (Å²) < 4.78 is 0. The lowest BCUT2D eigenvalue weighted by Gasteiger charge is -2.15. The number of aliphatic hydroxyl groups is 1. The average molecular weight is 239 g/mol. The zero-order valence-electron chi connectivity index (χ0n) is 10.1. The van der Waals surface area contributed by atoms with E-state index in [9.17, 15) is 0 Å². The van der Waals surface area contributed by atoms with Crippen LogP contribution in [0, 0.1) is 0 Å². The molecule has 0 aromatic heterocycles. The number of hydrogen-bond acceptors (Lipinski definition) is 3. The molecule has 1 aromatic rings. The molecule has 0 saturated carbocycles. The fourth-order valence-corrected chi connectivity index (χ4v) is 2.30. The number of rotatable bonds is 7. The van der Waals surface area contributed by atoms with Crippen LogP contribution in [0.15, 0.2) is 24.3 Å². The molecule has 0 saturated heterocycles. The Bertz CT molecular complexity index is 286. The summed E-state index contributed by atoms with van der Waals surface area (Å²) in [6.45, 7) is 3.24. The van der Waals surface area contributed by atoms with Gasteiger partial charge in [0, 0.05) is 18.3 Å². The summed E-state index contributed by atoms with van der Waals surface area (Å²) in [5.41, 5.74) is 2.25. The number of benzene rings is 1. The van der Waals surface area contributed by atoms with Gasteiger partial charge >= 0.3 is 0 Å². The van der Waals surface area contributed by atoms with E-state index in [-0.39, 0.29) is 6.61 Å². The van der Waals surface area contributed by atoms with E-state index in [1.54, 1.807) is 0 Å². The largest absolute Gasteiger partial charge is 0.392 e. The van der Waals surface area contributed by atoms with Gasteiger partial charge in [0.05, 0.1) is 6.61 Å². The molecule has 0 spiro atoms. The minimum Gasteiger partial charge on any atom is -0.392 e. The molecule has 2 nitrogen and oxygen atoms in total. The molecule has 1 aromatic carbocycles. The van der Waals surface area contributed by atoms with Crippen LogP contribution in [-0.4, -0.2) is 23.2 Å². The molecular weight excluding hydrogens is 218 g/mol. The molecule has 0 aliphatic heterocycles. The van der Waals surface area contributed by atoms with E-state index in [4.69, 9.17) is 5.11 Å². The first-order valence-corrected chi connectivity index (χ1v) is 7.10. The molecule has 2 N–H and O–H groups in total. The van der Waals surface area contributed by atoms with E-state index in [2.05, 4.69) is 30.6 Å². The van der Waals surface area contributed by atoms with Gasteiger partial charge in [0.1, 0.15) is 0 Å². The molecule has 1 atom stereocenters. The Labute approximate surface area is 102 Å². The highest BCUT2D eigenvalue weighted by Crippen LogP contribution is 2.06. The Balaban J connectivity index is 2.40. The van der Waals surface area contributed by atoms with Crippen molar-refractivity contribution in [2.45, 2.75) is 32.5 Å². The van der Waals surface area contributed by atoms with Crippen molar-refractivity contribution < 1.29 is 5.11 Å². The van der Waals surface area contributed by atoms with Crippen LogP contribution in [0.2, 0.25) is 0 Å². The van der Waals surface area contributed by atoms with Gasteiger partial charge in [-0.2, -0.15) is 11.8 Å². The molecule has 16 heavy (non-hydrogen) atoms. The highest BCUT2D eigenvalue weighted by atomic mass is 32.2. The van der Waals surface area contributed by atoms with Crippen LogP contribution in [-0.2, 0) is 13.2 Å². The van der Waals surface area contributed by atoms with Gasteiger partial charge < -0.3 is 10.4 Å². The van der Waals surface area contributed by atoms with Crippen molar-refractivity contribution in [2.75, 3.05) is 12.0 Å². The molecule has 0 aliphatic carbocycles. The molecule has 0 radical (unpaired) electrons. The monoisotopic (exact) mass is 239 g/mol. The summed E-state index contributed by atoms with van der Waals surface area (Å²) in [6, 6.07) is 8.70. The summed E-state index contributed by atoms with van der Waals surface area (Å²) in [6.07, 6.45) is 3.30. The van der Waals surface area contributed by atoms with Crippen molar-refractivity contribution >= 4 is 11.8 Å². The van der Waals surface area contributed by atoms with Crippen molar-refractivity contribution in [3.63, 3.8) is 0 Å². The van der Waals surface area contributed by atoms with Crippen LogP contribution < -0.4 is 5.32 Å². The fourth-order valence-electron chi connectivity index (χ4n) is 1.55. The first kappa shape index (κ1) is 13.6. The van der Waals surface area contributed by atoms with Gasteiger partial charge in [0.2, 0.25) is 0 Å². The van der Waals surface area contributed by atoms with E-state index in [0.717, 1.165) is 24.3 Å². The van der Waals surface area contributed by atoms with E-state index >= 15 is 0 Å². The van der Waals surface area contributed by atoms with E-state index in [1.165, 1.54) is 5.56 Å². The molecule has 0 amide bonds. The zero-order valence-corrected chi connectivity index (χ0v) is 10.9. The smallest absolute Gasteiger partial charge is 0.0681 e. The predicted octanol–water partition coefficient (Wildman–Crippen LogP) is 2.41. The second-order valence-electron chi connectivity index (χ2n) is 3.92. The van der Waals surface area contributed by atoms with Crippen LogP contribution in [0.5, 0.6) is 0 Å². The molecule has 3 heteroatoms. The second kappa shape index (κ2) is 7.71. The van der Waals surface area contributed by atoms with Crippen LogP contribution >= 0.6 is 11.8 Å². The van der Waals surface area contributed by atoms with E-state index in [0.29, 0.717) is 6.04 Å². The molecule has 0 heterocycles. The van der Waals surface area contributed by atoms with Crippen molar-refractivity contribution in [2.24, 2.45) is 0 Å². The molecule has 1 rings (SSSR count). The van der Waals surface area contributed by atoms with Crippen molar-refractivity contribution in [3.05, 3.63) is 35.4 Å². The highest BCUT2D eigenvalue weighted by Gasteiger charge is 2.04. The van der Waals surface area contributed by atoms with Gasteiger partial charge in [0.15, 0.2) is 0 Å². The highest BCUT2D eigenvalue weighted by molar-refractivity contribution is 7.98. The molecule has 90 valence electrons. The van der Waals surface area contributed by atoms with E-state index < -0.39 is 0 Å². The third-order valence-corrected chi connectivity index (χ3v) is 3.40. The first-order valence-electron chi connectivity index (χ1n) is 5.71. The van der Waals surface area contributed by atoms with Crippen LogP contribution in [0.4, 0.5) is 0 Å². The first-order chi connectivity index (χ1) is 7.80. The number of aliphatic hydroxyl groups excluding tert-OH is 1. The quantitative estimate of drug-likeness (QED) is 0.766. The van der Waals surface area contributed by atoms with Crippen LogP contribution in [0.25, 0.3) is 0 Å². The summed E-state index contributed by atoms with van der Waals surface area (Å²) in [4.78, 5) is 0. The lowest BCUT2D eigenvalue weighted by atomic mass is 10.1. The maximum Gasteiger partial charge on any atom is 0.0681 e. The third kappa shape index (κ3) is 4.56. The van der Waals surface area contributed by atoms with Gasteiger partial charge in [-0.05, 0) is 23.8 Å². The van der Waals surface area contributed by atoms with Crippen molar-refractivity contribution in [1.29, 1.82) is 0 Å². The maximum atomic E-state index is 8.94. The van der Waals surface area contributed by atoms with Gasteiger partial charge in [-0.25, -0.2) is 0 Å². The van der Waals surface area contributed by atoms with E-state index in [1.807, 2.05) is 23.9 Å². The normalized spacial score (nSPS) is 12.7. The summed E-state index contributed by atoms with van der Waals surface area (Å²) >= 11 is 1.88. The number of hydrogen-bond donors (Lipinski definition) is 2. The number of thioether (sulfide) groups is 1. The SMILES string of the molecule is CCC(CSC)NCc1ccc(CO)cc1. The van der Waals surface area contributed by atoms with Crippen molar-refractivity contribution in [3.8, 4) is 0 Å². The lowest BCUT2D eigenvalue weighted by Crippen LogP contribution is -2.30. The maximum absolute atomic E-state index is 8.94. The summed E-state index contributed by atoms with van der Waals surface area (Å²) in [5, 5.41) is 12.5. The molecule has 0 fully saturated rings. The van der Waals surface area contributed by atoms with Crippen molar-refractivity contribution in [1.82, 2.24) is 5.32 Å². The topological polar surface area (TPSA) is 32.3 Å². The Morgan fingerprint density at radius 1 is 1.25 bits per heavy atom.